The first-order valence-electron chi connectivity index (χ1n) is 11.3. The molecule has 0 radical (unpaired) electrons. The zero-order valence-corrected chi connectivity index (χ0v) is 19.6. The van der Waals surface area contributed by atoms with Crippen LogP contribution in [0.3, 0.4) is 0 Å². The molecule has 1 aliphatic rings. The molecule has 2 amide bonds. The van der Waals surface area contributed by atoms with Gasteiger partial charge in [-0.25, -0.2) is 9.48 Å². The minimum absolute atomic E-state index is 0.408. The van der Waals surface area contributed by atoms with Crippen LogP contribution in [0.1, 0.15) is 36.6 Å². The number of aromatic nitrogens is 4. The normalized spacial score (nSPS) is 18.5. The quantitative estimate of drug-likeness (QED) is 0.431. The number of carbonyl (C=O) groups is 1. The van der Waals surface area contributed by atoms with E-state index in [9.17, 15) is 9.90 Å². The molecule has 0 bridgehead atoms. The lowest BCUT2D eigenvalue weighted by Crippen LogP contribution is -2.41. The Morgan fingerprint density at radius 3 is 2.50 bits per heavy atom. The maximum Gasteiger partial charge on any atom is 0.320 e. The number of hydrogen-bond donors (Lipinski definition) is 3. The Labute approximate surface area is 198 Å². The van der Waals surface area contributed by atoms with Gasteiger partial charge in [0.05, 0.1) is 24.0 Å². The Bertz CT molecular complexity index is 1350. The highest BCUT2D eigenvalue weighted by molar-refractivity contribution is 5.91. The third-order valence-corrected chi connectivity index (χ3v) is 6.67. The molecule has 0 spiro atoms. The summed E-state index contributed by atoms with van der Waals surface area (Å²) in [7, 11) is 1.85. The fraction of sp³-hybridized carbons (Fsp3) is 0.269. The maximum atomic E-state index is 13.2. The number of amides is 2. The summed E-state index contributed by atoms with van der Waals surface area (Å²) in [5.41, 5.74) is 4.74. The Balaban J connectivity index is 1.48. The number of nitrogens with zero attached hydrogens (tertiary/aromatic N) is 4. The molecule has 2 aromatic carbocycles. The Kier molecular flexibility index (Phi) is 5.25. The summed E-state index contributed by atoms with van der Waals surface area (Å²) in [6, 6.07) is 16.6. The average molecular weight is 457 g/mol. The number of hydrogen-bond acceptors (Lipinski definition) is 4. The third-order valence-electron chi connectivity index (χ3n) is 6.67. The lowest BCUT2D eigenvalue weighted by molar-refractivity contribution is 0.0828. The Hall–Kier alpha value is -3.91. The highest BCUT2D eigenvalue weighted by atomic mass is 16.3. The number of para-hydroxylation sites is 1. The van der Waals surface area contributed by atoms with Crippen molar-refractivity contribution < 1.29 is 9.90 Å². The van der Waals surface area contributed by atoms with E-state index in [-0.39, 0.29) is 0 Å². The predicted octanol–water partition coefficient (Wildman–Crippen LogP) is 4.10. The van der Waals surface area contributed by atoms with E-state index in [1.807, 2.05) is 88.6 Å². The van der Waals surface area contributed by atoms with Gasteiger partial charge in [-0.15, -0.1) is 0 Å². The zero-order chi connectivity index (χ0) is 24.0. The number of aryl methyl sites for hydroxylation is 1. The summed E-state index contributed by atoms with van der Waals surface area (Å²) in [4.78, 5) is 13.2. The molecule has 2 atom stereocenters. The summed E-state index contributed by atoms with van der Waals surface area (Å²) >= 11 is 0. The summed E-state index contributed by atoms with van der Waals surface area (Å²) in [5, 5.41) is 26.1. The van der Waals surface area contributed by atoms with Gasteiger partial charge in [-0.2, -0.15) is 10.2 Å². The topological polar surface area (TPSA) is 97.0 Å². The second kappa shape index (κ2) is 8.14. The Morgan fingerprint density at radius 1 is 1.09 bits per heavy atom. The van der Waals surface area contributed by atoms with E-state index in [1.165, 1.54) is 0 Å². The van der Waals surface area contributed by atoms with Crippen LogP contribution in [0.4, 0.5) is 10.6 Å². The van der Waals surface area contributed by atoms with Crippen LogP contribution in [0, 0.1) is 6.92 Å². The van der Waals surface area contributed by atoms with Crippen molar-refractivity contribution >= 4 is 11.8 Å². The van der Waals surface area contributed by atoms with Crippen LogP contribution in [0.25, 0.3) is 16.9 Å². The SMILES string of the molecule is Cc1c(-c2cnn(C)c2)nn(-c2ccccc2)c1NC(=O)NC1c2ccccc2C(C)(C)C1O. The van der Waals surface area contributed by atoms with Gasteiger partial charge < -0.3 is 10.4 Å². The third kappa shape index (κ3) is 3.56. The lowest BCUT2D eigenvalue weighted by Gasteiger charge is -2.27. The molecule has 2 aromatic heterocycles. The first kappa shape index (κ1) is 21.9. The van der Waals surface area contributed by atoms with Crippen LogP contribution < -0.4 is 10.6 Å². The molecule has 5 rings (SSSR count). The fourth-order valence-electron chi connectivity index (χ4n) is 4.76. The number of urea groups is 1. The predicted molar refractivity (Wildman–Crippen MR) is 131 cm³/mol. The van der Waals surface area contributed by atoms with Crippen LogP contribution in [-0.2, 0) is 12.5 Å². The number of aliphatic hydroxyl groups is 1. The van der Waals surface area contributed by atoms with Gasteiger partial charge in [0.25, 0.3) is 0 Å². The van der Waals surface area contributed by atoms with Crippen molar-refractivity contribution in [3.63, 3.8) is 0 Å². The van der Waals surface area contributed by atoms with Gasteiger partial charge in [-0.1, -0.05) is 56.3 Å². The second-order valence-electron chi connectivity index (χ2n) is 9.30. The maximum absolute atomic E-state index is 13.2. The Morgan fingerprint density at radius 2 is 1.79 bits per heavy atom. The minimum Gasteiger partial charge on any atom is -0.390 e. The number of rotatable bonds is 4. The molecule has 8 heteroatoms. The molecule has 174 valence electrons. The van der Waals surface area contributed by atoms with Crippen molar-refractivity contribution in [2.24, 2.45) is 7.05 Å². The van der Waals surface area contributed by atoms with Crippen LogP contribution in [0.15, 0.2) is 67.0 Å². The number of aliphatic hydroxyl groups excluding tert-OH is 1. The van der Waals surface area contributed by atoms with E-state index in [0.717, 1.165) is 33.6 Å². The molecule has 8 nitrogen and oxygen atoms in total. The van der Waals surface area contributed by atoms with Crippen molar-refractivity contribution in [2.45, 2.75) is 38.3 Å². The summed E-state index contributed by atoms with van der Waals surface area (Å²) in [6.07, 6.45) is 2.90. The average Bonchev–Trinajstić information content (AvgIpc) is 3.45. The van der Waals surface area contributed by atoms with E-state index in [1.54, 1.807) is 15.6 Å². The van der Waals surface area contributed by atoms with Crippen molar-refractivity contribution in [3.8, 4) is 16.9 Å². The van der Waals surface area contributed by atoms with E-state index in [0.29, 0.717) is 5.82 Å². The molecule has 34 heavy (non-hydrogen) atoms. The van der Waals surface area contributed by atoms with E-state index < -0.39 is 23.6 Å². The van der Waals surface area contributed by atoms with Crippen LogP contribution in [0.5, 0.6) is 0 Å². The molecular weight excluding hydrogens is 428 g/mol. The monoisotopic (exact) mass is 456 g/mol. The smallest absolute Gasteiger partial charge is 0.320 e. The molecule has 3 N–H and O–H groups in total. The van der Waals surface area contributed by atoms with Gasteiger partial charge in [0.2, 0.25) is 0 Å². The van der Waals surface area contributed by atoms with Gasteiger partial charge in [0, 0.05) is 29.8 Å². The summed E-state index contributed by atoms with van der Waals surface area (Å²) < 4.78 is 3.44. The largest absolute Gasteiger partial charge is 0.390 e. The molecule has 4 aromatic rings. The van der Waals surface area contributed by atoms with E-state index in [4.69, 9.17) is 5.10 Å². The van der Waals surface area contributed by atoms with Gasteiger partial charge in [0.1, 0.15) is 11.5 Å². The summed E-state index contributed by atoms with van der Waals surface area (Å²) in [5.74, 6) is 0.558. The van der Waals surface area contributed by atoms with E-state index >= 15 is 0 Å². The lowest BCUT2D eigenvalue weighted by atomic mass is 9.84. The molecule has 0 fully saturated rings. The standard InChI is InChI=1S/C26H28N6O2/c1-16-21(17-14-27-31(4)15-17)30-32(18-10-6-5-7-11-18)24(16)29-25(34)28-22-19-12-8-9-13-20(19)26(2,3)23(22)33/h5-15,22-23,33H,1-4H3,(H2,28,29,34). The number of nitrogens with one attached hydrogen (secondary N) is 2. The first-order valence-corrected chi connectivity index (χ1v) is 11.3. The van der Waals surface area contributed by atoms with E-state index in [2.05, 4.69) is 15.7 Å². The highest BCUT2D eigenvalue weighted by Crippen LogP contribution is 2.44. The second-order valence-corrected chi connectivity index (χ2v) is 9.30. The van der Waals surface area contributed by atoms with Gasteiger partial charge in [0.15, 0.2) is 0 Å². The molecule has 0 aliphatic heterocycles. The van der Waals surface area contributed by atoms with Gasteiger partial charge in [-0.3, -0.25) is 10.00 Å². The molecule has 2 unspecified atom stereocenters. The molecule has 0 saturated heterocycles. The van der Waals surface area contributed by atoms with Crippen LogP contribution in [0.2, 0.25) is 0 Å². The molecule has 2 heterocycles. The number of anilines is 1. The molecule has 1 aliphatic carbocycles. The molecule has 0 saturated carbocycles. The van der Waals surface area contributed by atoms with Crippen molar-refractivity contribution in [1.82, 2.24) is 24.9 Å². The number of carbonyl (C=O) groups excluding carboxylic acids is 1. The minimum atomic E-state index is -0.748. The number of benzene rings is 2. The highest BCUT2D eigenvalue weighted by Gasteiger charge is 2.46. The zero-order valence-electron chi connectivity index (χ0n) is 19.6. The molecular formula is C26H28N6O2. The van der Waals surface area contributed by atoms with Gasteiger partial charge in [-0.05, 0) is 30.2 Å². The van der Waals surface area contributed by atoms with Gasteiger partial charge >= 0.3 is 6.03 Å². The van der Waals surface area contributed by atoms with Crippen molar-refractivity contribution in [1.29, 1.82) is 0 Å². The van der Waals surface area contributed by atoms with Crippen LogP contribution in [-0.4, -0.2) is 36.8 Å². The van der Waals surface area contributed by atoms with Crippen molar-refractivity contribution in [3.05, 3.63) is 83.7 Å². The first-order chi connectivity index (χ1) is 16.3. The van der Waals surface area contributed by atoms with Crippen molar-refractivity contribution in [2.75, 3.05) is 5.32 Å². The fourth-order valence-corrected chi connectivity index (χ4v) is 4.76. The number of fused-ring (bicyclic) bond motifs is 1. The van der Waals surface area contributed by atoms with Crippen LogP contribution >= 0.6 is 0 Å². The summed E-state index contributed by atoms with van der Waals surface area (Å²) in [6.45, 7) is 5.91.